The highest BCUT2D eigenvalue weighted by atomic mass is 127. The fourth-order valence-corrected chi connectivity index (χ4v) is 1.87. The number of nitrogens with zero attached hydrogens (tertiary/aromatic N) is 1. The van der Waals surface area contributed by atoms with E-state index >= 15 is 0 Å². The van der Waals surface area contributed by atoms with Crippen molar-refractivity contribution in [2.24, 2.45) is 5.92 Å². The Morgan fingerprint density at radius 1 is 1.62 bits per heavy atom. The van der Waals surface area contributed by atoms with Gasteiger partial charge in [-0.1, -0.05) is 6.92 Å². The van der Waals surface area contributed by atoms with Gasteiger partial charge in [0.2, 0.25) is 0 Å². The van der Waals surface area contributed by atoms with Gasteiger partial charge < -0.3 is 28.9 Å². The molecular weight excluding hydrogens is 277 g/mol. The number of anilines is 1. The monoisotopic (exact) mass is 293 g/mol. The Morgan fingerprint density at radius 3 is 3.08 bits per heavy atom. The van der Waals surface area contributed by atoms with Gasteiger partial charge in [0.25, 0.3) is 0 Å². The molecule has 1 aromatic rings. The fourth-order valence-electron chi connectivity index (χ4n) is 1.87. The van der Waals surface area contributed by atoms with Crippen molar-refractivity contribution in [3.05, 3.63) is 12.3 Å². The molecule has 0 bridgehead atoms. The highest BCUT2D eigenvalue weighted by Crippen LogP contribution is 2.19. The Morgan fingerprint density at radius 2 is 2.46 bits per heavy atom. The van der Waals surface area contributed by atoms with Crippen LogP contribution in [0.3, 0.4) is 0 Å². The van der Waals surface area contributed by atoms with Gasteiger partial charge in [-0.15, -0.1) is 5.10 Å². The highest BCUT2D eigenvalue weighted by molar-refractivity contribution is 5.35. The first kappa shape index (κ1) is 10.8. The van der Waals surface area contributed by atoms with Gasteiger partial charge >= 0.3 is 0 Å². The van der Waals surface area contributed by atoms with E-state index in [1.165, 1.54) is 31.7 Å². The van der Waals surface area contributed by atoms with Crippen LogP contribution in [0.5, 0.6) is 0 Å². The first-order valence-corrected chi connectivity index (χ1v) is 4.66. The number of aromatic amines is 2. The molecule has 2 rings (SSSR count). The molecule has 1 atom stereocenters. The van der Waals surface area contributed by atoms with Crippen LogP contribution in [0, 0.1) is 5.92 Å². The van der Waals surface area contributed by atoms with E-state index < -0.39 is 0 Å². The second-order valence-corrected chi connectivity index (χ2v) is 3.68. The molecule has 0 saturated carbocycles. The summed E-state index contributed by atoms with van der Waals surface area (Å²) in [6, 6.07) is 2.10. The van der Waals surface area contributed by atoms with Crippen molar-refractivity contribution in [3.63, 3.8) is 0 Å². The molecule has 0 spiro atoms. The Kier molecular flexibility index (Phi) is 4.02. The number of hydrogen-bond acceptors (Lipinski definition) is 1. The van der Waals surface area contributed by atoms with Gasteiger partial charge in [0.05, 0.1) is 6.07 Å². The number of hydrogen-bond donors (Lipinski definition) is 1. The van der Waals surface area contributed by atoms with E-state index in [2.05, 4.69) is 28.1 Å². The minimum absolute atomic E-state index is 0. The van der Waals surface area contributed by atoms with Crippen molar-refractivity contribution < 1.29 is 29.1 Å². The van der Waals surface area contributed by atoms with Crippen LogP contribution in [0.1, 0.15) is 19.8 Å². The van der Waals surface area contributed by atoms with E-state index in [1.54, 1.807) is 0 Å². The van der Waals surface area contributed by atoms with E-state index in [0.29, 0.717) is 0 Å². The predicted molar refractivity (Wildman–Crippen MR) is 48.0 cm³/mol. The number of H-pyrrole nitrogens is 2. The third kappa shape index (κ3) is 2.59. The minimum Gasteiger partial charge on any atom is -1.00 e. The largest absolute Gasteiger partial charge is 1.00 e. The Hall–Kier alpha value is -0.260. The summed E-state index contributed by atoms with van der Waals surface area (Å²) in [4.78, 5) is 2.41. The summed E-state index contributed by atoms with van der Waals surface area (Å²) in [5.41, 5.74) is 0. The van der Waals surface area contributed by atoms with E-state index in [-0.39, 0.29) is 24.0 Å². The average molecular weight is 293 g/mol. The zero-order chi connectivity index (χ0) is 8.39. The number of piperidine rings is 1. The lowest BCUT2D eigenvalue weighted by molar-refractivity contribution is -0.448. The van der Waals surface area contributed by atoms with Crippen LogP contribution < -0.4 is 34.0 Å². The van der Waals surface area contributed by atoms with Crippen molar-refractivity contribution in [3.8, 4) is 0 Å². The van der Waals surface area contributed by atoms with Gasteiger partial charge in [0.15, 0.2) is 12.0 Å². The summed E-state index contributed by atoms with van der Waals surface area (Å²) in [6.07, 6.45) is 4.63. The van der Waals surface area contributed by atoms with Crippen molar-refractivity contribution in [1.82, 2.24) is 5.10 Å². The van der Waals surface area contributed by atoms with Gasteiger partial charge in [-0.05, 0) is 18.8 Å². The SMILES string of the molecule is CC1CCCN(c2cc[nH+][nH]2)C1.[I-]. The maximum absolute atomic E-state index is 3.13. The van der Waals surface area contributed by atoms with Crippen LogP contribution in [0.4, 0.5) is 5.82 Å². The van der Waals surface area contributed by atoms with Crippen LogP contribution in [0.15, 0.2) is 12.3 Å². The number of aromatic nitrogens is 2. The maximum Gasteiger partial charge on any atom is 0.195 e. The molecule has 0 aliphatic carbocycles. The lowest BCUT2D eigenvalue weighted by atomic mass is 10.0. The third-order valence-corrected chi connectivity index (χ3v) is 2.52. The topological polar surface area (TPSA) is 33.2 Å². The van der Waals surface area contributed by atoms with Gasteiger partial charge in [-0.25, -0.2) is 0 Å². The molecule has 1 fully saturated rings. The van der Waals surface area contributed by atoms with Crippen LogP contribution in [-0.4, -0.2) is 18.2 Å². The Balaban J connectivity index is 0.000000845. The second kappa shape index (κ2) is 4.83. The minimum atomic E-state index is 0. The van der Waals surface area contributed by atoms with Crippen LogP contribution in [0.25, 0.3) is 0 Å². The van der Waals surface area contributed by atoms with Crippen molar-refractivity contribution in [2.45, 2.75) is 19.8 Å². The Bertz CT molecular complexity index is 235. The quantitative estimate of drug-likeness (QED) is 0.601. The van der Waals surface area contributed by atoms with Crippen molar-refractivity contribution in [2.75, 3.05) is 18.0 Å². The smallest absolute Gasteiger partial charge is 0.195 e. The molecule has 0 amide bonds. The van der Waals surface area contributed by atoms with Crippen molar-refractivity contribution >= 4 is 5.82 Å². The fraction of sp³-hybridized carbons (Fsp3) is 0.667. The summed E-state index contributed by atoms with van der Waals surface area (Å²) in [7, 11) is 0. The molecular formula is C9H16IN3. The molecule has 13 heavy (non-hydrogen) atoms. The number of halogens is 1. The molecule has 0 aromatic carbocycles. The predicted octanol–water partition coefficient (Wildman–Crippen LogP) is -1.93. The molecule has 3 nitrogen and oxygen atoms in total. The first-order valence-electron chi connectivity index (χ1n) is 4.66. The summed E-state index contributed by atoms with van der Waals surface area (Å²) in [5, 5.41) is 6.10. The summed E-state index contributed by atoms with van der Waals surface area (Å²) in [5.74, 6) is 2.06. The lowest BCUT2D eigenvalue weighted by Crippen LogP contribution is -3.00. The highest BCUT2D eigenvalue weighted by Gasteiger charge is 2.17. The van der Waals surface area contributed by atoms with E-state index in [0.717, 1.165) is 5.92 Å². The van der Waals surface area contributed by atoms with Crippen LogP contribution >= 0.6 is 0 Å². The van der Waals surface area contributed by atoms with E-state index in [9.17, 15) is 0 Å². The molecule has 74 valence electrons. The summed E-state index contributed by atoms with van der Waals surface area (Å²) in [6.45, 7) is 4.70. The summed E-state index contributed by atoms with van der Waals surface area (Å²) < 4.78 is 0. The average Bonchev–Trinajstić information content (AvgIpc) is 2.56. The number of nitrogens with one attached hydrogen (secondary N) is 2. The van der Waals surface area contributed by atoms with Crippen molar-refractivity contribution in [1.29, 1.82) is 0 Å². The standard InChI is InChI=1S/C9H15N3.HI/c1-8-3-2-6-12(7-8)9-4-5-10-11-9;/h4-5,8H,2-3,6-7H2,1H3,(H,10,11);1H. The maximum atomic E-state index is 3.13. The molecule has 1 aromatic heterocycles. The second-order valence-electron chi connectivity index (χ2n) is 3.68. The normalized spacial score (nSPS) is 22.5. The molecule has 2 N–H and O–H groups in total. The molecule has 0 radical (unpaired) electrons. The Labute approximate surface area is 95.9 Å². The first-order chi connectivity index (χ1) is 5.86. The molecule has 2 heterocycles. The van der Waals surface area contributed by atoms with Gasteiger partial charge in [0.1, 0.15) is 0 Å². The number of rotatable bonds is 1. The third-order valence-electron chi connectivity index (χ3n) is 2.52. The molecule has 1 saturated heterocycles. The van der Waals surface area contributed by atoms with E-state index in [4.69, 9.17) is 0 Å². The molecule has 1 unspecified atom stereocenters. The van der Waals surface area contributed by atoms with Gasteiger partial charge in [0, 0.05) is 13.1 Å². The van der Waals surface area contributed by atoms with Crippen LogP contribution in [-0.2, 0) is 0 Å². The molecule has 1 aliphatic heterocycles. The van der Waals surface area contributed by atoms with Gasteiger partial charge in [-0.2, -0.15) is 5.10 Å². The molecule has 4 heteroatoms. The molecule has 1 aliphatic rings. The lowest BCUT2D eigenvalue weighted by Gasteiger charge is -2.30. The van der Waals surface area contributed by atoms with Gasteiger partial charge in [-0.3, -0.25) is 0 Å². The summed E-state index contributed by atoms with van der Waals surface area (Å²) >= 11 is 0. The van der Waals surface area contributed by atoms with Crippen LogP contribution in [0.2, 0.25) is 0 Å². The zero-order valence-corrected chi connectivity index (χ0v) is 10.0. The zero-order valence-electron chi connectivity index (χ0n) is 7.89. The van der Waals surface area contributed by atoms with E-state index in [1.807, 2.05) is 6.20 Å².